The summed E-state index contributed by atoms with van der Waals surface area (Å²) >= 11 is 0. The molecule has 1 N–H and O–H groups in total. The average molecular weight is 263 g/mol. The van der Waals surface area contributed by atoms with Gasteiger partial charge in [-0.1, -0.05) is 48.5 Å². The van der Waals surface area contributed by atoms with E-state index in [1.54, 1.807) is 7.05 Å². The van der Waals surface area contributed by atoms with Gasteiger partial charge in [-0.2, -0.15) is 0 Å². The lowest BCUT2D eigenvalue weighted by Crippen LogP contribution is -2.02. The fourth-order valence-electron chi connectivity index (χ4n) is 1.91. The minimum absolute atomic E-state index is 0.410. The van der Waals surface area contributed by atoms with Crippen molar-refractivity contribution in [2.75, 3.05) is 12.4 Å². The van der Waals surface area contributed by atoms with Crippen LogP contribution in [0.3, 0.4) is 0 Å². The van der Waals surface area contributed by atoms with Gasteiger partial charge < -0.3 is 5.32 Å². The molecule has 0 radical (unpaired) electrons. The van der Waals surface area contributed by atoms with Crippen molar-refractivity contribution in [3.8, 4) is 22.5 Å². The molecule has 5 heteroatoms. The summed E-state index contributed by atoms with van der Waals surface area (Å²) in [7, 11) is 1.73. The minimum Gasteiger partial charge on any atom is -0.355 e. The lowest BCUT2D eigenvalue weighted by atomic mass is 10.0. The minimum atomic E-state index is 0.410. The Labute approximate surface area is 116 Å². The molecule has 20 heavy (non-hydrogen) atoms. The third kappa shape index (κ3) is 2.47. The van der Waals surface area contributed by atoms with E-state index in [1.165, 1.54) is 0 Å². The number of anilines is 1. The van der Waals surface area contributed by atoms with E-state index in [0.29, 0.717) is 11.8 Å². The number of benzene rings is 2. The van der Waals surface area contributed by atoms with E-state index in [0.717, 1.165) is 16.7 Å². The Morgan fingerprint density at radius 3 is 2.05 bits per heavy atom. The van der Waals surface area contributed by atoms with Crippen LogP contribution in [0.4, 0.5) is 5.95 Å². The molecule has 0 aliphatic carbocycles. The molecule has 0 bridgehead atoms. The normalized spacial score (nSPS) is 10.2. The van der Waals surface area contributed by atoms with E-state index in [1.807, 2.05) is 36.4 Å². The Hall–Kier alpha value is -2.82. The van der Waals surface area contributed by atoms with Gasteiger partial charge in [-0.05, 0) is 17.2 Å². The number of nitrogens with zero attached hydrogens (tertiary/aromatic N) is 4. The molecule has 0 amide bonds. The van der Waals surface area contributed by atoms with Gasteiger partial charge in [0.2, 0.25) is 5.82 Å². The summed E-state index contributed by atoms with van der Waals surface area (Å²) in [5.41, 5.74) is 3.17. The monoisotopic (exact) mass is 263 g/mol. The molecule has 0 aliphatic heterocycles. The molecule has 0 spiro atoms. The summed E-state index contributed by atoms with van der Waals surface area (Å²) in [6, 6.07) is 18.2. The predicted octanol–water partition coefficient (Wildman–Crippen LogP) is 2.64. The third-order valence-corrected chi connectivity index (χ3v) is 2.93. The van der Waals surface area contributed by atoms with Crippen LogP contribution >= 0.6 is 0 Å². The largest absolute Gasteiger partial charge is 0.355 e. The number of hydrogen-bond donors (Lipinski definition) is 1. The van der Waals surface area contributed by atoms with Gasteiger partial charge in [0.25, 0.3) is 5.95 Å². The van der Waals surface area contributed by atoms with Gasteiger partial charge in [0, 0.05) is 12.6 Å². The summed E-state index contributed by atoms with van der Waals surface area (Å²) in [6.07, 6.45) is 0. The highest BCUT2D eigenvalue weighted by Crippen LogP contribution is 2.23. The second kappa shape index (κ2) is 5.44. The molecule has 1 aromatic heterocycles. The van der Waals surface area contributed by atoms with E-state index in [2.05, 4.69) is 43.9 Å². The zero-order valence-corrected chi connectivity index (χ0v) is 11.0. The maximum Gasteiger partial charge on any atom is 0.261 e. The van der Waals surface area contributed by atoms with Crippen LogP contribution in [0.5, 0.6) is 0 Å². The van der Waals surface area contributed by atoms with Crippen LogP contribution in [0.1, 0.15) is 0 Å². The lowest BCUT2D eigenvalue weighted by Gasteiger charge is -2.04. The van der Waals surface area contributed by atoms with Gasteiger partial charge in [0.05, 0.1) is 0 Å². The van der Waals surface area contributed by atoms with E-state index < -0.39 is 0 Å². The summed E-state index contributed by atoms with van der Waals surface area (Å²) in [5, 5.41) is 18.8. The Kier molecular flexibility index (Phi) is 3.33. The van der Waals surface area contributed by atoms with Crippen molar-refractivity contribution in [2.45, 2.75) is 0 Å². The summed E-state index contributed by atoms with van der Waals surface area (Å²) < 4.78 is 0. The number of aromatic nitrogens is 4. The van der Waals surface area contributed by atoms with Gasteiger partial charge in [-0.15, -0.1) is 20.4 Å². The molecule has 0 fully saturated rings. The first-order valence-electron chi connectivity index (χ1n) is 6.28. The first kappa shape index (κ1) is 12.2. The summed E-state index contributed by atoms with van der Waals surface area (Å²) in [5.74, 6) is 0.926. The SMILES string of the molecule is CNc1nnc(-c2cccc(-c3ccccc3)c2)nn1. The molecular weight excluding hydrogens is 250 g/mol. The van der Waals surface area contributed by atoms with Gasteiger partial charge >= 0.3 is 0 Å². The lowest BCUT2D eigenvalue weighted by molar-refractivity contribution is 0.872. The quantitative estimate of drug-likeness (QED) is 0.787. The fourth-order valence-corrected chi connectivity index (χ4v) is 1.91. The second-order valence-electron chi connectivity index (χ2n) is 4.24. The van der Waals surface area contributed by atoms with Gasteiger partial charge in [0.15, 0.2) is 0 Å². The molecular formula is C15H13N5. The Balaban J connectivity index is 1.98. The topological polar surface area (TPSA) is 63.6 Å². The standard InChI is InChI=1S/C15H13N5/c1-16-15-19-17-14(18-20-15)13-9-5-8-12(10-13)11-6-3-2-4-7-11/h2-10H,1H3,(H,16,19,20). The maximum absolute atomic E-state index is 4.07. The first-order valence-corrected chi connectivity index (χ1v) is 6.28. The van der Waals surface area contributed by atoms with Crippen molar-refractivity contribution in [3.05, 3.63) is 54.6 Å². The van der Waals surface area contributed by atoms with Crippen LogP contribution in [0.2, 0.25) is 0 Å². The van der Waals surface area contributed by atoms with E-state index >= 15 is 0 Å². The molecule has 2 aromatic carbocycles. The Morgan fingerprint density at radius 2 is 1.35 bits per heavy atom. The maximum atomic E-state index is 4.07. The van der Waals surface area contributed by atoms with Gasteiger partial charge in [-0.25, -0.2) is 0 Å². The zero-order valence-electron chi connectivity index (χ0n) is 11.0. The van der Waals surface area contributed by atoms with Crippen LogP contribution in [0, 0.1) is 0 Å². The van der Waals surface area contributed by atoms with Crippen molar-refractivity contribution in [1.29, 1.82) is 0 Å². The van der Waals surface area contributed by atoms with Crippen LogP contribution < -0.4 is 5.32 Å². The van der Waals surface area contributed by atoms with Crippen molar-refractivity contribution in [3.63, 3.8) is 0 Å². The highest BCUT2D eigenvalue weighted by atomic mass is 15.3. The molecule has 3 rings (SSSR count). The summed E-state index contributed by atoms with van der Waals surface area (Å²) in [6.45, 7) is 0. The van der Waals surface area contributed by atoms with Crippen molar-refractivity contribution < 1.29 is 0 Å². The van der Waals surface area contributed by atoms with E-state index in [4.69, 9.17) is 0 Å². The van der Waals surface area contributed by atoms with Crippen LogP contribution in [0.25, 0.3) is 22.5 Å². The van der Waals surface area contributed by atoms with Crippen LogP contribution in [0.15, 0.2) is 54.6 Å². The third-order valence-electron chi connectivity index (χ3n) is 2.93. The van der Waals surface area contributed by atoms with Crippen molar-refractivity contribution >= 4 is 5.95 Å². The summed E-state index contributed by atoms with van der Waals surface area (Å²) in [4.78, 5) is 0. The Morgan fingerprint density at radius 1 is 0.700 bits per heavy atom. The molecule has 98 valence electrons. The predicted molar refractivity (Wildman–Crippen MR) is 78.0 cm³/mol. The van der Waals surface area contributed by atoms with E-state index in [9.17, 15) is 0 Å². The average Bonchev–Trinajstić information content (AvgIpc) is 2.56. The number of rotatable bonds is 3. The smallest absolute Gasteiger partial charge is 0.261 e. The van der Waals surface area contributed by atoms with Crippen molar-refractivity contribution in [1.82, 2.24) is 20.4 Å². The first-order chi connectivity index (χ1) is 9.86. The van der Waals surface area contributed by atoms with E-state index in [-0.39, 0.29) is 0 Å². The fraction of sp³-hybridized carbons (Fsp3) is 0.0667. The zero-order chi connectivity index (χ0) is 13.8. The Bertz CT molecular complexity index is 695. The van der Waals surface area contributed by atoms with Gasteiger partial charge in [-0.3, -0.25) is 0 Å². The molecule has 3 aromatic rings. The van der Waals surface area contributed by atoms with Crippen molar-refractivity contribution in [2.24, 2.45) is 0 Å². The molecule has 0 unspecified atom stereocenters. The molecule has 0 aliphatic rings. The molecule has 5 nitrogen and oxygen atoms in total. The second-order valence-corrected chi connectivity index (χ2v) is 4.24. The number of nitrogens with one attached hydrogen (secondary N) is 1. The highest BCUT2D eigenvalue weighted by molar-refractivity contribution is 5.69. The molecule has 0 saturated heterocycles. The molecule has 0 atom stereocenters. The number of hydrogen-bond acceptors (Lipinski definition) is 5. The van der Waals surface area contributed by atoms with Crippen LogP contribution in [-0.4, -0.2) is 27.4 Å². The molecule has 0 saturated carbocycles. The van der Waals surface area contributed by atoms with Gasteiger partial charge in [0.1, 0.15) is 0 Å². The van der Waals surface area contributed by atoms with Crippen LogP contribution in [-0.2, 0) is 0 Å². The highest BCUT2D eigenvalue weighted by Gasteiger charge is 2.05. The molecule has 1 heterocycles.